The highest BCUT2D eigenvalue weighted by Crippen LogP contribution is 2.23. The third-order valence-corrected chi connectivity index (χ3v) is 4.56. The lowest BCUT2D eigenvalue weighted by Gasteiger charge is -2.24. The number of rotatable bonds is 5. The van der Waals surface area contributed by atoms with Crippen LogP contribution in [0.5, 0.6) is 0 Å². The van der Waals surface area contributed by atoms with Gasteiger partial charge in [-0.1, -0.05) is 18.2 Å². The minimum absolute atomic E-state index is 0.269. The fourth-order valence-corrected chi connectivity index (χ4v) is 3.12. The summed E-state index contributed by atoms with van der Waals surface area (Å²) in [5.74, 6) is 0.959. The summed E-state index contributed by atoms with van der Waals surface area (Å²) < 4.78 is 0. The maximum Gasteiger partial charge on any atom is 0.227 e. The third kappa shape index (κ3) is 3.76. The molecule has 1 heterocycles. The van der Waals surface area contributed by atoms with Crippen LogP contribution in [-0.4, -0.2) is 29.3 Å². The highest BCUT2D eigenvalue weighted by atomic mass is 35.5. The van der Waals surface area contributed by atoms with E-state index in [9.17, 15) is 4.79 Å². The Balaban J connectivity index is 1.98. The van der Waals surface area contributed by atoms with Crippen molar-refractivity contribution in [2.75, 3.05) is 12.4 Å². The molecule has 0 aromatic heterocycles. The molecule has 0 radical (unpaired) electrons. The second kappa shape index (κ2) is 7.12. The van der Waals surface area contributed by atoms with Gasteiger partial charge in [0, 0.05) is 18.5 Å². The standard InChI is InChI=1S/C17H24ClNO/c1-13-7-8-15(11-14(13)2)12-17(20)19-10-4-6-16(19)5-3-9-18/h7-8,11,16H,3-6,9-10,12H2,1-2H3. The Morgan fingerprint density at radius 3 is 2.85 bits per heavy atom. The molecule has 1 saturated heterocycles. The van der Waals surface area contributed by atoms with Crippen molar-refractivity contribution in [3.8, 4) is 0 Å². The summed E-state index contributed by atoms with van der Waals surface area (Å²) >= 11 is 5.77. The highest BCUT2D eigenvalue weighted by Gasteiger charge is 2.27. The molecule has 0 N–H and O–H groups in total. The number of nitrogens with zero attached hydrogens (tertiary/aromatic N) is 1. The van der Waals surface area contributed by atoms with Crippen molar-refractivity contribution in [3.63, 3.8) is 0 Å². The second-order valence-corrected chi connectivity index (χ2v) is 6.19. The van der Waals surface area contributed by atoms with Crippen LogP contribution in [0, 0.1) is 13.8 Å². The average molecular weight is 294 g/mol. The highest BCUT2D eigenvalue weighted by molar-refractivity contribution is 6.17. The van der Waals surface area contributed by atoms with Crippen LogP contribution in [0.4, 0.5) is 0 Å². The lowest BCUT2D eigenvalue weighted by molar-refractivity contribution is -0.131. The number of benzene rings is 1. The molecule has 0 aliphatic carbocycles. The van der Waals surface area contributed by atoms with Gasteiger partial charge in [0.05, 0.1) is 6.42 Å². The first-order chi connectivity index (χ1) is 9.61. The minimum atomic E-state index is 0.269. The zero-order valence-electron chi connectivity index (χ0n) is 12.5. The van der Waals surface area contributed by atoms with Crippen molar-refractivity contribution in [1.29, 1.82) is 0 Å². The molecule has 110 valence electrons. The molecule has 0 spiro atoms. The van der Waals surface area contributed by atoms with E-state index in [1.165, 1.54) is 11.1 Å². The Morgan fingerprint density at radius 1 is 1.35 bits per heavy atom. The van der Waals surface area contributed by atoms with Crippen molar-refractivity contribution in [3.05, 3.63) is 34.9 Å². The summed E-state index contributed by atoms with van der Waals surface area (Å²) in [6.07, 6.45) is 4.83. The molecular weight excluding hydrogens is 270 g/mol. The van der Waals surface area contributed by atoms with Gasteiger partial charge in [-0.2, -0.15) is 0 Å². The van der Waals surface area contributed by atoms with Crippen molar-refractivity contribution in [1.82, 2.24) is 4.90 Å². The summed E-state index contributed by atoms with van der Waals surface area (Å²) in [6.45, 7) is 5.11. The zero-order chi connectivity index (χ0) is 14.5. The van der Waals surface area contributed by atoms with Gasteiger partial charge < -0.3 is 4.90 Å². The number of aryl methyl sites for hydroxylation is 2. The van der Waals surface area contributed by atoms with E-state index in [-0.39, 0.29) is 5.91 Å². The average Bonchev–Trinajstić information content (AvgIpc) is 2.89. The topological polar surface area (TPSA) is 20.3 Å². The molecule has 2 rings (SSSR count). The predicted molar refractivity (Wildman–Crippen MR) is 84.3 cm³/mol. The van der Waals surface area contributed by atoms with Gasteiger partial charge in [0.25, 0.3) is 0 Å². The second-order valence-electron chi connectivity index (χ2n) is 5.81. The fraction of sp³-hybridized carbons (Fsp3) is 0.588. The van der Waals surface area contributed by atoms with E-state index in [0.717, 1.165) is 37.8 Å². The SMILES string of the molecule is Cc1ccc(CC(=O)N2CCCC2CCCCl)cc1C. The molecule has 1 aliphatic rings. The zero-order valence-corrected chi connectivity index (χ0v) is 13.2. The molecule has 1 atom stereocenters. The molecule has 1 fully saturated rings. The van der Waals surface area contributed by atoms with Crippen LogP contribution in [0.15, 0.2) is 18.2 Å². The summed E-state index contributed by atoms with van der Waals surface area (Å²) in [5.41, 5.74) is 3.67. The number of amides is 1. The molecule has 1 unspecified atom stereocenters. The number of hydrogen-bond donors (Lipinski definition) is 0. The van der Waals surface area contributed by atoms with E-state index in [1.54, 1.807) is 0 Å². The van der Waals surface area contributed by atoms with Gasteiger partial charge in [0.2, 0.25) is 5.91 Å². The van der Waals surface area contributed by atoms with Gasteiger partial charge in [-0.3, -0.25) is 4.79 Å². The predicted octanol–water partition coefficient (Wildman–Crippen LogP) is 3.86. The molecule has 0 bridgehead atoms. The molecule has 1 amide bonds. The van der Waals surface area contributed by atoms with Crippen LogP contribution >= 0.6 is 11.6 Å². The van der Waals surface area contributed by atoms with Crippen LogP contribution in [0.2, 0.25) is 0 Å². The lowest BCUT2D eigenvalue weighted by Crippen LogP contribution is -2.36. The van der Waals surface area contributed by atoms with Crippen molar-refractivity contribution >= 4 is 17.5 Å². The van der Waals surface area contributed by atoms with Gasteiger partial charge in [-0.25, -0.2) is 0 Å². The van der Waals surface area contributed by atoms with Crippen LogP contribution in [0.25, 0.3) is 0 Å². The quantitative estimate of drug-likeness (QED) is 0.755. The van der Waals surface area contributed by atoms with E-state index in [1.807, 2.05) is 0 Å². The first-order valence-electron chi connectivity index (χ1n) is 7.53. The molecule has 1 aromatic carbocycles. The Hall–Kier alpha value is -1.02. The number of halogens is 1. The molecule has 0 saturated carbocycles. The summed E-state index contributed by atoms with van der Waals surface area (Å²) in [5, 5.41) is 0. The lowest BCUT2D eigenvalue weighted by atomic mass is 10.0. The van der Waals surface area contributed by atoms with Crippen LogP contribution in [0.3, 0.4) is 0 Å². The Labute approximate surface area is 127 Å². The third-order valence-electron chi connectivity index (χ3n) is 4.30. The van der Waals surface area contributed by atoms with E-state index in [4.69, 9.17) is 11.6 Å². The molecule has 2 nitrogen and oxygen atoms in total. The van der Waals surface area contributed by atoms with Gasteiger partial charge in [-0.15, -0.1) is 11.6 Å². The monoisotopic (exact) mass is 293 g/mol. The van der Waals surface area contributed by atoms with E-state index < -0.39 is 0 Å². The van der Waals surface area contributed by atoms with Crippen molar-refractivity contribution in [2.45, 2.75) is 52.0 Å². The molecular formula is C17H24ClNO. The molecule has 1 aromatic rings. The van der Waals surface area contributed by atoms with Crippen LogP contribution < -0.4 is 0 Å². The smallest absolute Gasteiger partial charge is 0.227 e. The Kier molecular flexibility index (Phi) is 5.47. The minimum Gasteiger partial charge on any atom is -0.339 e. The van der Waals surface area contributed by atoms with Crippen LogP contribution in [-0.2, 0) is 11.2 Å². The number of alkyl halides is 1. The molecule has 20 heavy (non-hydrogen) atoms. The van der Waals surface area contributed by atoms with Gasteiger partial charge >= 0.3 is 0 Å². The maximum atomic E-state index is 12.5. The molecule has 1 aliphatic heterocycles. The molecule has 3 heteroatoms. The maximum absolute atomic E-state index is 12.5. The normalized spacial score (nSPS) is 18.6. The Morgan fingerprint density at radius 2 is 2.15 bits per heavy atom. The first-order valence-corrected chi connectivity index (χ1v) is 8.07. The van der Waals surface area contributed by atoms with Gasteiger partial charge in [0.15, 0.2) is 0 Å². The van der Waals surface area contributed by atoms with E-state index in [2.05, 4.69) is 36.9 Å². The Bertz CT molecular complexity index is 472. The largest absolute Gasteiger partial charge is 0.339 e. The van der Waals surface area contributed by atoms with Crippen molar-refractivity contribution < 1.29 is 4.79 Å². The summed E-state index contributed by atoms with van der Waals surface area (Å²) in [7, 11) is 0. The van der Waals surface area contributed by atoms with E-state index >= 15 is 0 Å². The van der Waals surface area contributed by atoms with Gasteiger partial charge in [0.1, 0.15) is 0 Å². The number of carbonyl (C=O) groups is 1. The number of hydrogen-bond acceptors (Lipinski definition) is 1. The summed E-state index contributed by atoms with van der Waals surface area (Å²) in [6, 6.07) is 6.72. The summed E-state index contributed by atoms with van der Waals surface area (Å²) in [4.78, 5) is 14.5. The van der Waals surface area contributed by atoms with E-state index in [0.29, 0.717) is 18.3 Å². The number of likely N-dealkylation sites (tertiary alicyclic amines) is 1. The van der Waals surface area contributed by atoms with Gasteiger partial charge in [-0.05, 0) is 56.2 Å². The number of carbonyl (C=O) groups excluding carboxylic acids is 1. The first kappa shape index (κ1) is 15.4. The fourth-order valence-electron chi connectivity index (χ4n) is 2.97. The van der Waals surface area contributed by atoms with Crippen molar-refractivity contribution in [2.24, 2.45) is 0 Å². The van der Waals surface area contributed by atoms with Crippen LogP contribution in [0.1, 0.15) is 42.4 Å².